The molecule has 5 rings (SSSR count). The molecular weight excluding hydrogens is 440 g/mol. The predicted molar refractivity (Wildman–Crippen MR) is 111 cm³/mol. The standard InChI is InChI=1S/C23H12F4N4O2/c24-15-8-10-16(11-9-15)31-22(32)18-7-2-1-6-17(18)19(29-31)21-28-20(30-33-21)13-4-3-5-14(12-13)23(25,26)27/h1-12H. The molecule has 0 aliphatic carbocycles. The first-order chi connectivity index (χ1) is 15.8. The minimum atomic E-state index is -4.52. The van der Waals surface area contributed by atoms with E-state index in [1.165, 1.54) is 36.4 Å². The van der Waals surface area contributed by atoms with Gasteiger partial charge in [0.2, 0.25) is 5.82 Å². The molecule has 0 bridgehead atoms. The van der Waals surface area contributed by atoms with Gasteiger partial charge in [0.05, 0.1) is 16.6 Å². The van der Waals surface area contributed by atoms with Gasteiger partial charge in [-0.25, -0.2) is 4.39 Å². The van der Waals surface area contributed by atoms with E-state index >= 15 is 0 Å². The maximum atomic E-state index is 13.4. The first-order valence-electron chi connectivity index (χ1n) is 9.61. The maximum Gasteiger partial charge on any atom is 0.416 e. The van der Waals surface area contributed by atoms with Gasteiger partial charge in [-0.3, -0.25) is 4.79 Å². The van der Waals surface area contributed by atoms with Crippen LogP contribution < -0.4 is 5.56 Å². The molecule has 0 amide bonds. The van der Waals surface area contributed by atoms with Crippen molar-refractivity contribution in [1.29, 1.82) is 0 Å². The van der Waals surface area contributed by atoms with E-state index in [4.69, 9.17) is 4.52 Å². The van der Waals surface area contributed by atoms with Gasteiger partial charge in [-0.15, -0.1) is 0 Å². The number of hydrogen-bond donors (Lipinski definition) is 0. The fraction of sp³-hybridized carbons (Fsp3) is 0.0435. The highest BCUT2D eigenvalue weighted by molar-refractivity contribution is 5.92. The Morgan fingerprint density at radius 2 is 1.61 bits per heavy atom. The molecule has 0 saturated heterocycles. The summed E-state index contributed by atoms with van der Waals surface area (Å²) in [5.41, 5.74) is -0.722. The topological polar surface area (TPSA) is 73.8 Å². The normalized spacial score (nSPS) is 11.8. The number of fused-ring (bicyclic) bond motifs is 1. The van der Waals surface area contributed by atoms with Gasteiger partial charge in [-0.05, 0) is 42.5 Å². The Labute approximate surface area is 182 Å². The summed E-state index contributed by atoms with van der Waals surface area (Å²) in [6, 6.07) is 16.3. The van der Waals surface area contributed by atoms with Crippen molar-refractivity contribution in [1.82, 2.24) is 19.9 Å². The first kappa shape index (κ1) is 20.6. The lowest BCUT2D eigenvalue weighted by Crippen LogP contribution is -2.22. The number of nitrogens with zero attached hydrogens (tertiary/aromatic N) is 4. The van der Waals surface area contributed by atoms with E-state index in [0.717, 1.165) is 16.8 Å². The second kappa shape index (κ2) is 7.66. The van der Waals surface area contributed by atoms with Crippen LogP contribution in [-0.2, 0) is 6.18 Å². The molecule has 0 aliphatic rings. The Kier molecular flexibility index (Phi) is 4.77. The summed E-state index contributed by atoms with van der Waals surface area (Å²) >= 11 is 0. The Balaban J connectivity index is 1.67. The zero-order chi connectivity index (χ0) is 23.2. The molecule has 6 nitrogen and oxygen atoms in total. The molecule has 0 radical (unpaired) electrons. The van der Waals surface area contributed by atoms with Crippen LogP contribution in [0.25, 0.3) is 39.4 Å². The van der Waals surface area contributed by atoms with E-state index < -0.39 is 23.1 Å². The molecule has 164 valence electrons. The molecule has 0 fully saturated rings. The van der Waals surface area contributed by atoms with Crippen LogP contribution in [0, 0.1) is 5.82 Å². The zero-order valence-electron chi connectivity index (χ0n) is 16.5. The van der Waals surface area contributed by atoms with E-state index in [1.807, 2.05) is 0 Å². The molecule has 0 atom stereocenters. The molecule has 0 aliphatic heterocycles. The van der Waals surface area contributed by atoms with Crippen LogP contribution in [0.3, 0.4) is 0 Å². The second-order valence-electron chi connectivity index (χ2n) is 7.09. The van der Waals surface area contributed by atoms with Crippen LogP contribution in [0.2, 0.25) is 0 Å². The van der Waals surface area contributed by atoms with Crippen molar-refractivity contribution in [2.75, 3.05) is 0 Å². The molecule has 0 unspecified atom stereocenters. The summed E-state index contributed by atoms with van der Waals surface area (Å²) in [7, 11) is 0. The third-order valence-electron chi connectivity index (χ3n) is 4.95. The molecule has 5 aromatic rings. The monoisotopic (exact) mass is 452 g/mol. The fourth-order valence-electron chi connectivity index (χ4n) is 3.38. The van der Waals surface area contributed by atoms with Crippen LogP contribution in [0.1, 0.15) is 5.56 Å². The number of aromatic nitrogens is 4. The van der Waals surface area contributed by atoms with Gasteiger partial charge >= 0.3 is 6.18 Å². The van der Waals surface area contributed by atoms with E-state index in [-0.39, 0.29) is 23.0 Å². The maximum absolute atomic E-state index is 13.4. The van der Waals surface area contributed by atoms with Gasteiger partial charge < -0.3 is 4.52 Å². The summed E-state index contributed by atoms with van der Waals surface area (Å²) in [5.74, 6) is -0.633. The van der Waals surface area contributed by atoms with Crippen molar-refractivity contribution < 1.29 is 22.1 Å². The Hall–Kier alpha value is -4.34. The minimum absolute atomic E-state index is 0.0680. The number of alkyl halides is 3. The molecular formula is C23H12F4N4O2. The van der Waals surface area contributed by atoms with Crippen molar-refractivity contribution in [3.63, 3.8) is 0 Å². The number of halogens is 4. The quantitative estimate of drug-likeness (QED) is 0.349. The van der Waals surface area contributed by atoms with Gasteiger partial charge in [0.25, 0.3) is 11.4 Å². The van der Waals surface area contributed by atoms with Gasteiger partial charge in [-0.2, -0.15) is 27.9 Å². The predicted octanol–water partition coefficient (Wildman–Crippen LogP) is 5.26. The molecule has 0 spiro atoms. The van der Waals surface area contributed by atoms with Gasteiger partial charge in [0, 0.05) is 10.9 Å². The highest BCUT2D eigenvalue weighted by atomic mass is 19.4. The highest BCUT2D eigenvalue weighted by Gasteiger charge is 2.31. The van der Waals surface area contributed by atoms with Crippen molar-refractivity contribution >= 4 is 10.8 Å². The lowest BCUT2D eigenvalue weighted by molar-refractivity contribution is -0.137. The summed E-state index contributed by atoms with van der Waals surface area (Å²) in [6.07, 6.45) is -4.52. The molecule has 2 heterocycles. The Bertz CT molecular complexity index is 1540. The second-order valence-corrected chi connectivity index (χ2v) is 7.09. The first-order valence-corrected chi connectivity index (χ1v) is 9.61. The molecule has 2 aromatic heterocycles. The third kappa shape index (κ3) is 3.75. The van der Waals surface area contributed by atoms with E-state index in [0.29, 0.717) is 16.5 Å². The van der Waals surface area contributed by atoms with Gasteiger partial charge in [0.1, 0.15) is 5.82 Å². The van der Waals surface area contributed by atoms with Crippen LogP contribution in [-0.4, -0.2) is 19.9 Å². The molecule has 10 heteroatoms. The molecule has 3 aromatic carbocycles. The van der Waals surface area contributed by atoms with Crippen molar-refractivity contribution in [2.45, 2.75) is 6.18 Å². The summed E-state index contributed by atoms with van der Waals surface area (Å²) in [4.78, 5) is 17.2. The van der Waals surface area contributed by atoms with E-state index in [2.05, 4.69) is 15.2 Å². The Morgan fingerprint density at radius 3 is 2.33 bits per heavy atom. The van der Waals surface area contributed by atoms with E-state index in [9.17, 15) is 22.4 Å². The van der Waals surface area contributed by atoms with Crippen molar-refractivity contribution in [3.05, 3.63) is 94.5 Å². The Morgan fingerprint density at radius 1 is 0.879 bits per heavy atom. The van der Waals surface area contributed by atoms with Crippen LogP contribution in [0.4, 0.5) is 17.6 Å². The van der Waals surface area contributed by atoms with E-state index in [1.54, 1.807) is 24.3 Å². The third-order valence-corrected chi connectivity index (χ3v) is 4.95. The largest absolute Gasteiger partial charge is 0.416 e. The zero-order valence-corrected chi connectivity index (χ0v) is 16.5. The smallest absolute Gasteiger partial charge is 0.332 e. The minimum Gasteiger partial charge on any atom is -0.332 e. The van der Waals surface area contributed by atoms with Gasteiger partial charge in [-0.1, -0.05) is 35.5 Å². The SMILES string of the molecule is O=c1c2ccccc2c(-c2nc(-c3cccc(C(F)(F)F)c3)no2)nn1-c1ccc(F)cc1. The van der Waals surface area contributed by atoms with Crippen molar-refractivity contribution in [2.24, 2.45) is 0 Å². The lowest BCUT2D eigenvalue weighted by Gasteiger charge is -2.09. The number of benzene rings is 3. The van der Waals surface area contributed by atoms with Crippen LogP contribution in [0.15, 0.2) is 82.1 Å². The summed E-state index contributed by atoms with van der Waals surface area (Å²) in [6.45, 7) is 0. The van der Waals surface area contributed by atoms with Crippen LogP contribution >= 0.6 is 0 Å². The molecule has 33 heavy (non-hydrogen) atoms. The van der Waals surface area contributed by atoms with Crippen LogP contribution in [0.5, 0.6) is 0 Å². The number of rotatable bonds is 3. The van der Waals surface area contributed by atoms with Crippen molar-refractivity contribution in [3.8, 4) is 28.7 Å². The average Bonchev–Trinajstić information content (AvgIpc) is 3.30. The highest BCUT2D eigenvalue weighted by Crippen LogP contribution is 2.32. The molecule has 0 N–H and O–H groups in total. The fourth-order valence-corrected chi connectivity index (χ4v) is 3.38. The number of hydrogen-bond acceptors (Lipinski definition) is 5. The lowest BCUT2D eigenvalue weighted by atomic mass is 10.1. The van der Waals surface area contributed by atoms with Gasteiger partial charge in [0.15, 0.2) is 5.69 Å². The molecule has 0 saturated carbocycles. The summed E-state index contributed by atoms with van der Waals surface area (Å²) < 4.78 is 58.9. The average molecular weight is 452 g/mol. The summed E-state index contributed by atoms with van der Waals surface area (Å²) in [5, 5.41) is 8.85.